The largest absolute Gasteiger partial charge is 0.481 e. The first kappa shape index (κ1) is 13.1. The Morgan fingerprint density at radius 3 is 2.89 bits per heavy atom. The Morgan fingerprint density at radius 2 is 2.21 bits per heavy atom. The number of carboxylic acid groups (broad SMARTS) is 1. The van der Waals surface area contributed by atoms with Gasteiger partial charge in [0.2, 0.25) is 0 Å². The molecule has 1 aromatic heterocycles. The summed E-state index contributed by atoms with van der Waals surface area (Å²) in [5.41, 5.74) is 0.878. The molecule has 0 aliphatic heterocycles. The summed E-state index contributed by atoms with van der Waals surface area (Å²) in [4.78, 5) is 27.7. The fourth-order valence-corrected chi connectivity index (χ4v) is 2.07. The molecule has 0 bridgehead atoms. The number of imidazole rings is 1. The molecule has 0 saturated heterocycles. The normalized spacial score (nSPS) is 10.3. The number of rotatable bonds is 5. The molecule has 19 heavy (non-hydrogen) atoms. The number of thioether (sulfide) groups is 1. The van der Waals surface area contributed by atoms with Gasteiger partial charge >= 0.3 is 5.97 Å². The van der Waals surface area contributed by atoms with Gasteiger partial charge in [-0.25, -0.2) is 4.98 Å². The van der Waals surface area contributed by atoms with Gasteiger partial charge in [-0.1, -0.05) is 23.9 Å². The Labute approximate surface area is 111 Å². The van der Waals surface area contributed by atoms with Crippen LogP contribution >= 0.6 is 11.8 Å². The Bertz CT molecular complexity index is 626. The van der Waals surface area contributed by atoms with Crippen LogP contribution in [-0.4, -0.2) is 31.7 Å². The van der Waals surface area contributed by atoms with Crippen LogP contribution < -0.4 is 0 Å². The number of hydrogen-bond donors (Lipinski definition) is 2. The van der Waals surface area contributed by atoms with Gasteiger partial charge in [0.25, 0.3) is 5.69 Å². The van der Waals surface area contributed by atoms with Crippen molar-refractivity contribution in [3.05, 3.63) is 40.6 Å². The Hall–Kier alpha value is -2.35. The molecule has 7 nitrogen and oxygen atoms in total. The number of aromatic nitrogens is 2. The highest BCUT2D eigenvalue weighted by Crippen LogP contribution is 2.29. The van der Waals surface area contributed by atoms with Crippen molar-refractivity contribution < 1.29 is 14.8 Å². The molecule has 0 aliphatic rings. The van der Waals surface area contributed by atoms with Gasteiger partial charge in [0.05, 0.1) is 28.1 Å². The molecule has 0 atom stereocenters. The number of nitro benzene ring substituents is 1. The number of H-pyrrole nitrogens is 1. The molecule has 2 aromatic rings. The lowest BCUT2D eigenvalue weighted by Crippen LogP contribution is -1.97. The molecular formula is C11H9N3O4S. The molecular weight excluding hydrogens is 270 g/mol. The maximum Gasteiger partial charge on any atom is 0.313 e. The predicted molar refractivity (Wildman–Crippen MR) is 69.0 cm³/mol. The van der Waals surface area contributed by atoms with Crippen LogP contribution in [0.15, 0.2) is 35.6 Å². The summed E-state index contributed by atoms with van der Waals surface area (Å²) in [6.45, 7) is 0. The van der Waals surface area contributed by atoms with Crippen LogP contribution in [0.5, 0.6) is 0 Å². The van der Waals surface area contributed by atoms with Crippen LogP contribution in [0.4, 0.5) is 5.69 Å². The summed E-state index contributed by atoms with van der Waals surface area (Å²) in [5.74, 6) is -1.07. The number of para-hydroxylation sites is 1. The van der Waals surface area contributed by atoms with Gasteiger partial charge in [0, 0.05) is 6.07 Å². The summed E-state index contributed by atoms with van der Waals surface area (Å²) in [5, 5.41) is 19.9. The number of nitrogens with zero attached hydrogens (tertiary/aromatic N) is 2. The fourth-order valence-electron chi connectivity index (χ4n) is 1.50. The molecule has 0 spiro atoms. The smallest absolute Gasteiger partial charge is 0.313 e. The Balaban J connectivity index is 2.28. The average molecular weight is 279 g/mol. The standard InChI is InChI=1S/C11H9N3O4S/c15-10(16)6-19-11-12-5-8(13-11)7-3-1-2-4-9(7)14(17)18/h1-5H,6H2,(H,12,13)(H,15,16). The fraction of sp³-hybridized carbons (Fsp3) is 0.0909. The number of nitro groups is 1. The van der Waals surface area contributed by atoms with Gasteiger partial charge in [0.1, 0.15) is 0 Å². The van der Waals surface area contributed by atoms with Gasteiger partial charge in [-0.3, -0.25) is 14.9 Å². The van der Waals surface area contributed by atoms with Gasteiger partial charge in [-0.05, 0) is 6.07 Å². The second-order valence-electron chi connectivity index (χ2n) is 3.56. The van der Waals surface area contributed by atoms with Crippen molar-refractivity contribution in [2.75, 3.05) is 5.75 Å². The Kier molecular flexibility index (Phi) is 3.81. The first-order valence-electron chi connectivity index (χ1n) is 5.21. The number of carbonyl (C=O) groups is 1. The molecule has 0 fully saturated rings. The molecule has 0 amide bonds. The zero-order valence-electron chi connectivity index (χ0n) is 9.57. The van der Waals surface area contributed by atoms with Crippen LogP contribution in [0.25, 0.3) is 11.3 Å². The van der Waals surface area contributed by atoms with Crippen LogP contribution in [0.3, 0.4) is 0 Å². The summed E-state index contributed by atoms with van der Waals surface area (Å²) in [6, 6.07) is 6.28. The van der Waals surface area contributed by atoms with Gasteiger partial charge < -0.3 is 10.1 Å². The van der Waals surface area contributed by atoms with E-state index in [4.69, 9.17) is 5.11 Å². The number of carboxylic acids is 1. The predicted octanol–water partition coefficient (Wildman–Crippen LogP) is 2.16. The minimum absolute atomic E-state index is 0.0269. The SMILES string of the molecule is O=C(O)CSc1ncc(-c2ccccc2[N+](=O)[O-])[nH]1. The molecule has 2 rings (SSSR count). The third kappa shape index (κ3) is 3.10. The molecule has 2 N–H and O–H groups in total. The summed E-state index contributed by atoms with van der Waals surface area (Å²) in [6.07, 6.45) is 1.45. The van der Waals surface area contributed by atoms with Crippen LogP contribution in [0.2, 0.25) is 0 Å². The summed E-state index contributed by atoms with van der Waals surface area (Å²) in [7, 11) is 0. The summed E-state index contributed by atoms with van der Waals surface area (Å²) < 4.78 is 0. The van der Waals surface area contributed by atoms with Crippen molar-refractivity contribution in [2.45, 2.75) is 5.16 Å². The minimum Gasteiger partial charge on any atom is -0.481 e. The van der Waals surface area contributed by atoms with Crippen LogP contribution in [-0.2, 0) is 4.79 Å². The van der Waals surface area contributed by atoms with E-state index in [0.29, 0.717) is 16.4 Å². The zero-order chi connectivity index (χ0) is 13.8. The molecule has 0 radical (unpaired) electrons. The van der Waals surface area contributed by atoms with E-state index in [1.54, 1.807) is 18.2 Å². The highest BCUT2D eigenvalue weighted by molar-refractivity contribution is 7.99. The number of nitrogens with one attached hydrogen (secondary N) is 1. The summed E-state index contributed by atoms with van der Waals surface area (Å²) >= 11 is 1.02. The maximum absolute atomic E-state index is 10.9. The highest BCUT2D eigenvalue weighted by atomic mass is 32.2. The quantitative estimate of drug-likeness (QED) is 0.493. The van der Waals surface area contributed by atoms with Crippen LogP contribution in [0, 0.1) is 10.1 Å². The van der Waals surface area contributed by atoms with E-state index in [2.05, 4.69) is 9.97 Å². The van der Waals surface area contributed by atoms with Crippen molar-refractivity contribution >= 4 is 23.4 Å². The van der Waals surface area contributed by atoms with Crippen molar-refractivity contribution in [1.82, 2.24) is 9.97 Å². The van der Waals surface area contributed by atoms with Crippen molar-refractivity contribution in [3.8, 4) is 11.3 Å². The first-order valence-corrected chi connectivity index (χ1v) is 6.20. The van der Waals surface area contributed by atoms with E-state index in [1.165, 1.54) is 12.3 Å². The van der Waals surface area contributed by atoms with E-state index in [1.807, 2.05) is 0 Å². The number of aliphatic carboxylic acids is 1. The molecule has 98 valence electrons. The van der Waals surface area contributed by atoms with Gasteiger partial charge in [-0.2, -0.15) is 0 Å². The zero-order valence-corrected chi connectivity index (χ0v) is 10.4. The molecule has 8 heteroatoms. The second kappa shape index (κ2) is 5.53. The van der Waals surface area contributed by atoms with E-state index < -0.39 is 10.9 Å². The lowest BCUT2D eigenvalue weighted by molar-refractivity contribution is -0.384. The number of hydrogen-bond acceptors (Lipinski definition) is 5. The molecule has 1 heterocycles. The van der Waals surface area contributed by atoms with Crippen molar-refractivity contribution in [3.63, 3.8) is 0 Å². The second-order valence-corrected chi connectivity index (χ2v) is 4.52. The first-order chi connectivity index (χ1) is 9.08. The third-order valence-corrected chi connectivity index (χ3v) is 3.15. The van der Waals surface area contributed by atoms with Crippen molar-refractivity contribution in [2.24, 2.45) is 0 Å². The lowest BCUT2D eigenvalue weighted by atomic mass is 10.1. The molecule has 1 aromatic carbocycles. The van der Waals surface area contributed by atoms with E-state index >= 15 is 0 Å². The topological polar surface area (TPSA) is 109 Å². The van der Waals surface area contributed by atoms with Gasteiger partial charge in [-0.15, -0.1) is 0 Å². The minimum atomic E-state index is -0.950. The third-order valence-electron chi connectivity index (χ3n) is 2.28. The molecule has 0 aliphatic carbocycles. The lowest BCUT2D eigenvalue weighted by Gasteiger charge is -1.99. The monoisotopic (exact) mass is 279 g/mol. The van der Waals surface area contributed by atoms with E-state index in [9.17, 15) is 14.9 Å². The maximum atomic E-state index is 10.9. The Morgan fingerprint density at radius 1 is 1.47 bits per heavy atom. The van der Waals surface area contributed by atoms with E-state index in [0.717, 1.165) is 11.8 Å². The van der Waals surface area contributed by atoms with Crippen LogP contribution in [0.1, 0.15) is 0 Å². The number of benzene rings is 1. The van der Waals surface area contributed by atoms with E-state index in [-0.39, 0.29) is 11.4 Å². The molecule has 0 saturated carbocycles. The average Bonchev–Trinajstić information content (AvgIpc) is 2.85. The highest BCUT2D eigenvalue weighted by Gasteiger charge is 2.16. The molecule has 0 unspecified atom stereocenters. The van der Waals surface area contributed by atoms with Gasteiger partial charge in [0.15, 0.2) is 5.16 Å². The van der Waals surface area contributed by atoms with Crippen molar-refractivity contribution in [1.29, 1.82) is 0 Å². The number of aromatic amines is 1.